The van der Waals surface area contributed by atoms with Crippen LogP contribution in [-0.2, 0) is 11.2 Å². The molecule has 4 aliphatic carbocycles. The summed E-state index contributed by atoms with van der Waals surface area (Å²) in [4.78, 5) is 72.6. The zero-order valence-electron chi connectivity index (χ0n) is 32.6. The van der Waals surface area contributed by atoms with Crippen LogP contribution in [0.15, 0.2) is 47.5 Å². The second kappa shape index (κ2) is 13.6. The number of aromatic nitrogens is 2. The van der Waals surface area contributed by atoms with Crippen molar-refractivity contribution in [1.82, 2.24) is 9.97 Å². The molecule has 0 saturated heterocycles. The fourth-order valence-corrected chi connectivity index (χ4v) is 12.0. The molecule has 2 fully saturated rings. The van der Waals surface area contributed by atoms with Crippen molar-refractivity contribution in [3.8, 4) is 44.8 Å². The molecule has 0 bridgehead atoms. The first kappa shape index (κ1) is 37.6. The van der Waals surface area contributed by atoms with Crippen molar-refractivity contribution in [2.24, 2.45) is 0 Å². The van der Waals surface area contributed by atoms with E-state index in [0.717, 1.165) is 96.2 Å². The second-order valence-corrected chi connectivity index (χ2v) is 18.4. The van der Waals surface area contributed by atoms with Crippen molar-refractivity contribution >= 4 is 69.3 Å². The molecule has 2 aromatic heterocycles. The molecule has 0 unspecified atom stereocenters. The highest BCUT2D eigenvalue weighted by Gasteiger charge is 2.49. The maximum atomic E-state index is 13.6. The molecule has 298 valence electrons. The summed E-state index contributed by atoms with van der Waals surface area (Å²) in [5.74, 6) is -1.21. The van der Waals surface area contributed by atoms with E-state index in [1.165, 1.54) is 59.1 Å². The van der Waals surface area contributed by atoms with Gasteiger partial charge in [-0.25, -0.2) is 9.97 Å². The zero-order chi connectivity index (χ0) is 42.7. The average molecular weight is 849 g/mol. The van der Waals surface area contributed by atoms with E-state index in [2.05, 4.69) is 21.8 Å². The standard InChI is InChI=1S/C48H28N6O6S2/c1-51-35-17-27-28(18-36(35)52-2)42(58)32(41(27)57)20-38-54-46-44(62-38)30-16-33-29(15-34(30)48(60-46)11-7-4-8-12-48)43-45(59-47(33)9-5-3-6-10-47)53-37(61-43)19-31-39(55)25-13-23(21-49)24(22-50)14-26(25)40(31)56/h13-20H,3-12H2. The summed E-state index contributed by atoms with van der Waals surface area (Å²) in [6.45, 7) is 14.9. The number of Topliss-reactive ketones (excluding diaryl/α,β-unsaturated/α-hetero) is 4. The molecule has 11 rings (SSSR count). The lowest BCUT2D eigenvalue weighted by molar-refractivity contribution is 0.0162. The molecular formula is C48H28N6O6S2. The second-order valence-electron chi connectivity index (χ2n) is 16.3. The Kier molecular flexibility index (Phi) is 8.24. The van der Waals surface area contributed by atoms with Gasteiger partial charge in [-0.05, 0) is 87.8 Å². The van der Waals surface area contributed by atoms with Gasteiger partial charge in [-0.2, -0.15) is 10.5 Å². The summed E-state index contributed by atoms with van der Waals surface area (Å²) in [7, 11) is 0. The number of rotatable bonds is 2. The van der Waals surface area contributed by atoms with Crippen LogP contribution in [0.2, 0.25) is 0 Å². The number of ether oxygens (including phenoxy) is 2. The van der Waals surface area contributed by atoms with E-state index in [4.69, 9.17) is 32.6 Å². The smallest absolute Gasteiger partial charge is 0.234 e. The summed E-state index contributed by atoms with van der Waals surface area (Å²) in [5, 5.41) is 20.0. The van der Waals surface area contributed by atoms with Crippen LogP contribution in [0.4, 0.5) is 11.4 Å². The maximum Gasteiger partial charge on any atom is 0.234 e. The van der Waals surface area contributed by atoms with Gasteiger partial charge >= 0.3 is 0 Å². The van der Waals surface area contributed by atoms with Crippen LogP contribution in [0, 0.1) is 35.8 Å². The minimum Gasteiger partial charge on any atom is -0.465 e. The lowest BCUT2D eigenvalue weighted by atomic mass is 9.71. The number of carbonyl (C=O) groups is 4. The normalized spacial score (nSPS) is 18.2. The predicted octanol–water partition coefficient (Wildman–Crippen LogP) is 10.8. The number of nitrogens with zero attached hydrogens (tertiary/aromatic N) is 6. The summed E-state index contributed by atoms with van der Waals surface area (Å²) in [5.41, 5.74) is 2.86. The number of hydrogen-bond acceptors (Lipinski definition) is 12. The quantitative estimate of drug-likeness (QED) is 0.0946. The van der Waals surface area contributed by atoms with Crippen molar-refractivity contribution in [3.05, 3.63) is 125 Å². The third-order valence-electron chi connectivity index (χ3n) is 13.0. The Morgan fingerprint density at radius 1 is 0.565 bits per heavy atom. The molecule has 0 radical (unpaired) electrons. The highest BCUT2D eigenvalue weighted by atomic mass is 32.1. The number of nitriles is 2. The van der Waals surface area contributed by atoms with Crippen molar-refractivity contribution in [2.75, 3.05) is 0 Å². The molecule has 5 aromatic rings. The molecule has 14 heteroatoms. The van der Waals surface area contributed by atoms with Crippen LogP contribution in [0.25, 0.3) is 42.7 Å². The lowest BCUT2D eigenvalue weighted by Gasteiger charge is -2.45. The minimum absolute atomic E-state index is 0.0206. The highest BCUT2D eigenvalue weighted by molar-refractivity contribution is 7.17. The van der Waals surface area contributed by atoms with Crippen molar-refractivity contribution in [1.29, 1.82) is 10.5 Å². The van der Waals surface area contributed by atoms with E-state index in [0.29, 0.717) is 21.8 Å². The number of hydrogen-bond donors (Lipinski definition) is 0. The first-order valence-electron chi connectivity index (χ1n) is 20.2. The Morgan fingerprint density at radius 3 is 1.29 bits per heavy atom. The monoisotopic (exact) mass is 848 g/mol. The fourth-order valence-electron chi connectivity index (χ4n) is 10.0. The van der Waals surface area contributed by atoms with Gasteiger partial charge in [0.15, 0.2) is 34.5 Å². The molecular weight excluding hydrogens is 821 g/mol. The van der Waals surface area contributed by atoms with E-state index < -0.39 is 34.3 Å². The Labute approximate surface area is 362 Å². The van der Waals surface area contributed by atoms with Gasteiger partial charge in [-0.15, -0.1) is 22.7 Å². The van der Waals surface area contributed by atoms with Crippen LogP contribution in [0.5, 0.6) is 11.8 Å². The first-order valence-corrected chi connectivity index (χ1v) is 21.9. The number of ketones is 4. The molecule has 2 aliphatic heterocycles. The van der Waals surface area contributed by atoms with Crippen LogP contribution in [0.3, 0.4) is 0 Å². The average Bonchev–Trinajstić information content (AvgIpc) is 4.02. The van der Waals surface area contributed by atoms with E-state index in [-0.39, 0.29) is 55.9 Å². The van der Waals surface area contributed by atoms with Gasteiger partial charge in [0, 0.05) is 44.5 Å². The van der Waals surface area contributed by atoms with Gasteiger partial charge < -0.3 is 9.47 Å². The highest BCUT2D eigenvalue weighted by Crippen LogP contribution is 2.59. The minimum atomic E-state index is -0.693. The number of allylic oxidation sites excluding steroid dienone is 2. The molecule has 0 N–H and O–H groups in total. The van der Waals surface area contributed by atoms with Gasteiger partial charge in [-0.1, -0.05) is 25.0 Å². The van der Waals surface area contributed by atoms with E-state index in [9.17, 15) is 29.7 Å². The molecule has 0 atom stereocenters. The maximum absolute atomic E-state index is 13.6. The third-order valence-corrected chi connectivity index (χ3v) is 15.0. The fraction of sp³-hybridized carbons (Fsp3) is 0.250. The van der Waals surface area contributed by atoms with E-state index in [1.807, 2.05) is 12.1 Å². The van der Waals surface area contributed by atoms with E-state index >= 15 is 0 Å². The third kappa shape index (κ3) is 5.31. The summed E-state index contributed by atoms with van der Waals surface area (Å²) in [6.07, 6.45) is 11.9. The van der Waals surface area contributed by atoms with Crippen LogP contribution >= 0.6 is 22.7 Å². The number of carbonyl (C=O) groups excluding carboxylic acids is 4. The Hall–Kier alpha value is -7.36. The van der Waals surface area contributed by atoms with Gasteiger partial charge in [0.05, 0.1) is 45.2 Å². The largest absolute Gasteiger partial charge is 0.465 e. The molecule has 62 heavy (non-hydrogen) atoms. The SMILES string of the molecule is [C-]#[N+]c1cc2c(cc1[N+]#[C-])C(=O)C(=Cc1nc3c(s1)-c1cc4c(cc1C1(CCCCC1)O3)-c1sc(C=C3C(=O)c5cc(C#N)c(C#N)cc5C3=O)nc1OC41CCCCC1)C2=O. The molecule has 2 spiro atoms. The first-order chi connectivity index (χ1) is 30.1. The lowest BCUT2D eigenvalue weighted by Crippen LogP contribution is -2.40. The Bertz CT molecular complexity index is 2910. The summed E-state index contributed by atoms with van der Waals surface area (Å²) < 4.78 is 13.9. The van der Waals surface area contributed by atoms with Gasteiger partial charge in [0.1, 0.15) is 33.4 Å². The molecule has 2 saturated carbocycles. The number of benzene rings is 3. The van der Waals surface area contributed by atoms with Crippen LogP contribution < -0.4 is 9.47 Å². The number of fused-ring (bicyclic) bond motifs is 10. The van der Waals surface area contributed by atoms with Crippen molar-refractivity contribution in [2.45, 2.75) is 75.4 Å². The molecule has 3 aromatic carbocycles. The Morgan fingerprint density at radius 2 is 0.935 bits per heavy atom. The van der Waals surface area contributed by atoms with Gasteiger partial charge in [0.2, 0.25) is 11.8 Å². The Balaban J connectivity index is 1.04. The van der Waals surface area contributed by atoms with Gasteiger partial charge in [-0.3, -0.25) is 28.9 Å². The van der Waals surface area contributed by atoms with Gasteiger partial charge in [0.25, 0.3) is 0 Å². The molecule has 0 amide bonds. The topological polar surface area (TPSA) is 169 Å². The predicted molar refractivity (Wildman–Crippen MR) is 228 cm³/mol. The van der Waals surface area contributed by atoms with Crippen molar-refractivity contribution in [3.63, 3.8) is 0 Å². The molecule has 12 nitrogen and oxygen atoms in total. The molecule has 6 aliphatic rings. The van der Waals surface area contributed by atoms with Crippen LogP contribution in [0.1, 0.15) is 138 Å². The van der Waals surface area contributed by atoms with Crippen LogP contribution in [-0.4, -0.2) is 33.1 Å². The number of thiazole rings is 2. The van der Waals surface area contributed by atoms with Crippen molar-refractivity contribution < 1.29 is 28.7 Å². The molecule has 4 heterocycles. The summed E-state index contributed by atoms with van der Waals surface area (Å²) >= 11 is 2.66. The summed E-state index contributed by atoms with van der Waals surface area (Å²) in [6, 6.07) is 13.6. The zero-order valence-corrected chi connectivity index (χ0v) is 34.3. The van der Waals surface area contributed by atoms with E-state index in [1.54, 1.807) is 0 Å².